The molecule has 0 amide bonds. The lowest BCUT2D eigenvalue weighted by atomic mass is 9.63. The Bertz CT molecular complexity index is 1300. The van der Waals surface area contributed by atoms with Gasteiger partial charge in [0, 0.05) is 29.2 Å². The molecule has 1 aromatic carbocycles. The summed E-state index contributed by atoms with van der Waals surface area (Å²) >= 11 is 1.14. The Morgan fingerprint density at radius 2 is 1.77 bits per heavy atom. The van der Waals surface area contributed by atoms with Crippen molar-refractivity contribution in [3.63, 3.8) is 0 Å². The number of pyridine rings is 1. The molecule has 0 spiro atoms. The number of aliphatic carboxylic acids is 1. The molecule has 1 fully saturated rings. The first kappa shape index (κ1) is 28.6. The molecule has 1 aliphatic heterocycles. The zero-order valence-corrected chi connectivity index (χ0v) is 21.1. The number of rotatable bonds is 5. The van der Waals surface area contributed by atoms with E-state index < -0.39 is 35.4 Å². The number of carbonyl (C=O) groups is 1. The number of carboxylic acids is 1. The largest absolute Gasteiger partial charge is 0.573 e. The molecule has 1 saturated carbocycles. The highest BCUT2D eigenvalue weighted by Crippen LogP contribution is 2.48. The van der Waals surface area contributed by atoms with E-state index in [2.05, 4.69) is 21.6 Å². The van der Waals surface area contributed by atoms with Crippen LogP contribution in [0.4, 0.5) is 32.2 Å². The minimum Gasteiger partial charge on any atom is -0.481 e. The van der Waals surface area contributed by atoms with Crippen LogP contribution in [0, 0.1) is 5.41 Å². The molecule has 0 unspecified atom stereocenters. The van der Waals surface area contributed by atoms with Crippen molar-refractivity contribution in [1.82, 2.24) is 9.29 Å². The smallest absolute Gasteiger partial charge is 0.481 e. The molecule has 208 valence electrons. The van der Waals surface area contributed by atoms with Gasteiger partial charge in [-0.05, 0) is 66.8 Å². The maximum atomic E-state index is 13.4. The molecule has 1 aliphatic carbocycles. The van der Waals surface area contributed by atoms with E-state index in [1.165, 1.54) is 24.3 Å². The molecule has 0 radical (unpaired) electrons. The van der Waals surface area contributed by atoms with Crippen LogP contribution in [0.3, 0.4) is 0 Å². The van der Waals surface area contributed by atoms with Gasteiger partial charge < -0.3 is 15.2 Å². The number of nitrogens with one attached hydrogen (secondary N) is 1. The van der Waals surface area contributed by atoms with Gasteiger partial charge in [0.2, 0.25) is 0 Å². The fourth-order valence-corrected chi connectivity index (χ4v) is 5.13. The Labute approximate surface area is 224 Å². The summed E-state index contributed by atoms with van der Waals surface area (Å²) in [6.45, 7) is 4.07. The van der Waals surface area contributed by atoms with E-state index >= 15 is 0 Å². The lowest BCUT2D eigenvalue weighted by molar-refractivity contribution is -0.274. The Morgan fingerprint density at radius 1 is 1.08 bits per heavy atom. The number of alkyl halides is 6. The standard InChI is InChI=1S/C26H23F6N3O3S/c1-16-3-5-18(24(23(36)37)12-2-13-24)11-14-35(39-20-8-6-19(7-9-20)38-26(30,31)32)15-17-4-10-21(25(27,28)29)34-22(17)33-16/h3-11H,1-2,12-15H2,(H,33,34)(H,36,37)/b5-3-,18-11+. The highest BCUT2D eigenvalue weighted by molar-refractivity contribution is 7.97. The highest BCUT2D eigenvalue weighted by atomic mass is 32.2. The molecule has 0 atom stereocenters. The van der Waals surface area contributed by atoms with Gasteiger partial charge in [-0.25, -0.2) is 9.29 Å². The first-order valence-corrected chi connectivity index (χ1v) is 12.5. The molecule has 2 N–H and O–H groups in total. The van der Waals surface area contributed by atoms with Gasteiger partial charge >= 0.3 is 18.5 Å². The van der Waals surface area contributed by atoms with Crippen molar-refractivity contribution in [2.75, 3.05) is 11.9 Å². The molecule has 6 nitrogen and oxygen atoms in total. The predicted molar refractivity (Wildman–Crippen MR) is 133 cm³/mol. The summed E-state index contributed by atoms with van der Waals surface area (Å²) < 4.78 is 83.3. The third kappa shape index (κ3) is 6.95. The van der Waals surface area contributed by atoms with Gasteiger partial charge in [0.25, 0.3) is 0 Å². The number of aromatic nitrogens is 1. The predicted octanol–water partition coefficient (Wildman–Crippen LogP) is 7.19. The van der Waals surface area contributed by atoms with Gasteiger partial charge in [-0.15, -0.1) is 13.2 Å². The van der Waals surface area contributed by atoms with Crippen molar-refractivity contribution in [2.24, 2.45) is 5.41 Å². The average Bonchev–Trinajstić information content (AvgIpc) is 2.82. The number of halogens is 6. The van der Waals surface area contributed by atoms with Gasteiger partial charge in [0.15, 0.2) is 0 Å². The SMILES string of the molecule is C=C1/C=C\C(C2(C(=O)O)CCC2)=C/CN(Sc2ccc(OC(F)(F)F)cc2)Cc2ccc(C(F)(F)F)nc2N1. The Kier molecular flexibility index (Phi) is 8.03. The van der Waals surface area contributed by atoms with E-state index in [9.17, 15) is 36.2 Å². The van der Waals surface area contributed by atoms with Crippen molar-refractivity contribution in [3.05, 3.63) is 83.7 Å². The molecular formula is C26H23F6N3O3S. The van der Waals surface area contributed by atoms with Crippen LogP contribution in [0.2, 0.25) is 0 Å². The van der Waals surface area contributed by atoms with E-state index in [4.69, 9.17) is 0 Å². The molecular weight excluding hydrogens is 548 g/mol. The number of anilines is 1. The van der Waals surface area contributed by atoms with Crippen molar-refractivity contribution < 1.29 is 41.0 Å². The van der Waals surface area contributed by atoms with Gasteiger partial charge in [0.1, 0.15) is 17.3 Å². The van der Waals surface area contributed by atoms with E-state index in [-0.39, 0.29) is 24.6 Å². The van der Waals surface area contributed by atoms with Gasteiger partial charge in [-0.2, -0.15) is 13.2 Å². The van der Waals surface area contributed by atoms with Gasteiger partial charge in [-0.3, -0.25) is 4.79 Å². The third-order valence-corrected chi connectivity index (χ3v) is 7.35. The molecule has 13 heteroatoms. The topological polar surface area (TPSA) is 74.7 Å². The van der Waals surface area contributed by atoms with Crippen LogP contribution in [0.1, 0.15) is 30.5 Å². The number of ether oxygens (including phenoxy) is 1. The lowest BCUT2D eigenvalue weighted by Crippen LogP contribution is -2.39. The quantitative estimate of drug-likeness (QED) is 0.291. The van der Waals surface area contributed by atoms with Crippen LogP contribution < -0.4 is 10.1 Å². The number of hydrogen-bond donors (Lipinski definition) is 2. The van der Waals surface area contributed by atoms with Gasteiger partial charge in [-0.1, -0.05) is 31.2 Å². The summed E-state index contributed by atoms with van der Waals surface area (Å²) in [5, 5.41) is 12.8. The van der Waals surface area contributed by atoms with Crippen molar-refractivity contribution >= 4 is 23.7 Å². The summed E-state index contributed by atoms with van der Waals surface area (Å²) in [6.07, 6.45) is -3.08. The summed E-state index contributed by atoms with van der Waals surface area (Å²) in [5.41, 5.74) is -1.05. The second-order valence-electron chi connectivity index (χ2n) is 9.02. The summed E-state index contributed by atoms with van der Waals surface area (Å²) in [6, 6.07) is 7.28. The van der Waals surface area contributed by atoms with Crippen LogP contribution in [-0.4, -0.2) is 33.3 Å². The molecule has 4 rings (SSSR count). The van der Waals surface area contributed by atoms with Crippen LogP contribution in [0.25, 0.3) is 0 Å². The first-order valence-electron chi connectivity index (χ1n) is 11.7. The molecule has 2 aromatic rings. The van der Waals surface area contributed by atoms with Crippen LogP contribution in [-0.2, 0) is 17.5 Å². The molecule has 39 heavy (non-hydrogen) atoms. The van der Waals surface area contributed by atoms with Crippen LogP contribution >= 0.6 is 11.9 Å². The van der Waals surface area contributed by atoms with Crippen molar-refractivity contribution in [1.29, 1.82) is 0 Å². The zero-order valence-electron chi connectivity index (χ0n) is 20.3. The number of hydrogen-bond acceptors (Lipinski definition) is 6. The number of carboxylic acid groups (broad SMARTS) is 1. The number of benzene rings is 1. The second-order valence-corrected chi connectivity index (χ2v) is 10.2. The van der Waals surface area contributed by atoms with E-state index in [0.29, 0.717) is 28.9 Å². The zero-order chi connectivity index (χ0) is 28.4. The van der Waals surface area contributed by atoms with Crippen molar-refractivity contribution in [3.8, 4) is 5.75 Å². The second kappa shape index (κ2) is 11.0. The Balaban J connectivity index is 1.70. The lowest BCUT2D eigenvalue weighted by Gasteiger charge is -2.39. The highest BCUT2D eigenvalue weighted by Gasteiger charge is 2.46. The number of fused-ring (bicyclic) bond motifs is 1. The molecule has 1 aromatic heterocycles. The molecule has 0 bridgehead atoms. The maximum Gasteiger partial charge on any atom is 0.573 e. The summed E-state index contributed by atoms with van der Waals surface area (Å²) in [5.74, 6) is -1.45. The Morgan fingerprint density at radius 3 is 2.33 bits per heavy atom. The normalized spacial score (nSPS) is 20.4. The van der Waals surface area contributed by atoms with Crippen molar-refractivity contribution in [2.45, 2.75) is 43.2 Å². The molecule has 2 aliphatic rings. The van der Waals surface area contributed by atoms with Crippen LogP contribution in [0.15, 0.2) is 77.4 Å². The third-order valence-electron chi connectivity index (χ3n) is 6.33. The first-order chi connectivity index (χ1) is 18.2. The number of nitrogens with zero attached hydrogens (tertiary/aromatic N) is 2. The molecule has 0 saturated heterocycles. The summed E-state index contributed by atoms with van der Waals surface area (Å²) in [7, 11) is 0. The fourth-order valence-electron chi connectivity index (χ4n) is 4.22. The van der Waals surface area contributed by atoms with Gasteiger partial charge in [0.05, 0.1) is 5.41 Å². The molecule has 2 heterocycles. The average molecular weight is 572 g/mol. The van der Waals surface area contributed by atoms with E-state index in [1.54, 1.807) is 16.5 Å². The fraction of sp³-hybridized carbons (Fsp3) is 0.308. The van der Waals surface area contributed by atoms with Crippen LogP contribution in [0.5, 0.6) is 5.75 Å². The monoisotopic (exact) mass is 571 g/mol. The number of allylic oxidation sites excluding steroid dienone is 2. The maximum absolute atomic E-state index is 13.4. The Hall–Kier alpha value is -3.45. The minimum atomic E-state index is -4.84. The minimum absolute atomic E-state index is 0.0655. The van der Waals surface area contributed by atoms with E-state index in [0.717, 1.165) is 36.6 Å². The van der Waals surface area contributed by atoms with E-state index in [1.807, 2.05) is 0 Å². The summed E-state index contributed by atoms with van der Waals surface area (Å²) in [4.78, 5) is 16.5.